The molecule has 2 rings (SSSR count). The van der Waals surface area contributed by atoms with Gasteiger partial charge in [0.2, 0.25) is 0 Å². The van der Waals surface area contributed by atoms with Crippen molar-refractivity contribution in [3.8, 4) is 11.5 Å². The normalized spacial score (nSPS) is 10.7. The number of methoxy groups -OCH3 is 1. The largest absolute Gasteiger partial charge is 0.497 e. The summed E-state index contributed by atoms with van der Waals surface area (Å²) in [5, 5.41) is 2.99. The molecule has 0 saturated heterocycles. The van der Waals surface area contributed by atoms with Crippen LogP contribution in [0.1, 0.15) is 11.5 Å². The van der Waals surface area contributed by atoms with Gasteiger partial charge in [0.15, 0.2) is 0 Å². The van der Waals surface area contributed by atoms with E-state index in [2.05, 4.69) is 10.1 Å². The van der Waals surface area contributed by atoms with Crippen LogP contribution in [0, 0.1) is 6.92 Å². The molecular weight excluding hydrogens is 268 g/mol. The minimum atomic E-state index is -2.88. The van der Waals surface area contributed by atoms with Crippen molar-refractivity contribution in [3.63, 3.8) is 0 Å². The second kappa shape index (κ2) is 6.27. The molecule has 0 aliphatic heterocycles. The highest BCUT2D eigenvalue weighted by Gasteiger charge is 2.11. The van der Waals surface area contributed by atoms with E-state index in [1.54, 1.807) is 12.1 Å². The van der Waals surface area contributed by atoms with E-state index in [0.29, 0.717) is 23.7 Å². The summed E-state index contributed by atoms with van der Waals surface area (Å²) in [6, 6.07) is 8.23. The molecule has 4 nitrogen and oxygen atoms in total. The van der Waals surface area contributed by atoms with Gasteiger partial charge < -0.3 is 19.2 Å². The minimum absolute atomic E-state index is 0.0593. The van der Waals surface area contributed by atoms with E-state index in [4.69, 9.17) is 9.15 Å². The first kappa shape index (κ1) is 14.2. The summed E-state index contributed by atoms with van der Waals surface area (Å²) in [5.41, 5.74) is 0.415. The fourth-order valence-corrected chi connectivity index (χ4v) is 1.74. The number of hydrogen-bond donors (Lipinski definition) is 1. The standard InChI is InChI=1S/C14H15F2NO3/c1-9-3-4-11(19-9)8-17-12-7-10(18-2)5-6-13(12)20-14(15)16/h3-7,14,17H,8H2,1-2H3. The molecule has 0 unspecified atom stereocenters. The molecule has 1 aromatic carbocycles. The number of furan rings is 1. The third-order valence-electron chi connectivity index (χ3n) is 2.65. The van der Waals surface area contributed by atoms with Crippen molar-refractivity contribution < 1.29 is 22.7 Å². The highest BCUT2D eigenvalue weighted by atomic mass is 19.3. The van der Waals surface area contributed by atoms with Crippen molar-refractivity contribution in [2.45, 2.75) is 20.1 Å². The second-order valence-corrected chi connectivity index (χ2v) is 4.11. The number of rotatable bonds is 6. The van der Waals surface area contributed by atoms with Crippen molar-refractivity contribution >= 4 is 5.69 Å². The van der Waals surface area contributed by atoms with Crippen molar-refractivity contribution in [1.29, 1.82) is 0 Å². The molecule has 1 aromatic heterocycles. The highest BCUT2D eigenvalue weighted by Crippen LogP contribution is 2.30. The van der Waals surface area contributed by atoms with Gasteiger partial charge in [0, 0.05) is 6.07 Å². The van der Waals surface area contributed by atoms with Crippen LogP contribution in [-0.4, -0.2) is 13.7 Å². The zero-order valence-electron chi connectivity index (χ0n) is 11.2. The Bertz CT molecular complexity index is 569. The van der Waals surface area contributed by atoms with Gasteiger partial charge in [0.05, 0.1) is 19.3 Å². The van der Waals surface area contributed by atoms with Crippen LogP contribution in [0.25, 0.3) is 0 Å². The third kappa shape index (κ3) is 3.63. The van der Waals surface area contributed by atoms with Gasteiger partial charge in [-0.1, -0.05) is 0 Å². The molecule has 0 spiro atoms. The summed E-state index contributed by atoms with van der Waals surface area (Å²) < 4.78 is 39.6. The maximum Gasteiger partial charge on any atom is 0.387 e. The fraction of sp³-hybridized carbons (Fsp3) is 0.286. The Balaban J connectivity index is 2.14. The van der Waals surface area contributed by atoms with Crippen molar-refractivity contribution in [3.05, 3.63) is 41.9 Å². The van der Waals surface area contributed by atoms with Crippen LogP contribution in [0.15, 0.2) is 34.7 Å². The van der Waals surface area contributed by atoms with E-state index in [1.165, 1.54) is 13.2 Å². The molecule has 1 N–H and O–H groups in total. The van der Waals surface area contributed by atoms with E-state index < -0.39 is 6.61 Å². The van der Waals surface area contributed by atoms with E-state index in [0.717, 1.165) is 5.76 Å². The molecule has 1 heterocycles. The number of aryl methyl sites for hydroxylation is 1. The molecule has 0 saturated carbocycles. The Morgan fingerprint density at radius 2 is 2.05 bits per heavy atom. The number of alkyl halides is 2. The number of nitrogens with one attached hydrogen (secondary N) is 1. The summed E-state index contributed by atoms with van der Waals surface area (Å²) >= 11 is 0. The predicted molar refractivity (Wildman–Crippen MR) is 70.4 cm³/mol. The average Bonchev–Trinajstić information content (AvgIpc) is 2.83. The number of anilines is 1. The second-order valence-electron chi connectivity index (χ2n) is 4.11. The van der Waals surface area contributed by atoms with Crippen LogP contribution in [0.2, 0.25) is 0 Å². The Kier molecular flexibility index (Phi) is 4.45. The molecule has 6 heteroatoms. The molecule has 20 heavy (non-hydrogen) atoms. The monoisotopic (exact) mass is 283 g/mol. The van der Waals surface area contributed by atoms with Crippen LogP contribution < -0.4 is 14.8 Å². The van der Waals surface area contributed by atoms with Gasteiger partial charge in [-0.25, -0.2) is 0 Å². The topological polar surface area (TPSA) is 43.6 Å². The van der Waals surface area contributed by atoms with E-state index in [-0.39, 0.29) is 5.75 Å². The van der Waals surface area contributed by atoms with Gasteiger partial charge in [-0.05, 0) is 31.2 Å². The quantitative estimate of drug-likeness (QED) is 0.875. The zero-order valence-corrected chi connectivity index (χ0v) is 11.2. The highest BCUT2D eigenvalue weighted by molar-refractivity contribution is 5.59. The Morgan fingerprint density at radius 3 is 2.65 bits per heavy atom. The molecule has 0 bridgehead atoms. The van der Waals surface area contributed by atoms with Crippen LogP contribution in [0.3, 0.4) is 0 Å². The lowest BCUT2D eigenvalue weighted by Crippen LogP contribution is -2.06. The zero-order chi connectivity index (χ0) is 14.5. The number of ether oxygens (including phenoxy) is 2. The summed E-state index contributed by atoms with van der Waals surface area (Å²) in [7, 11) is 1.50. The SMILES string of the molecule is COc1ccc(OC(F)F)c(NCc2ccc(C)o2)c1. The first-order chi connectivity index (χ1) is 9.58. The molecule has 2 aromatic rings. The minimum Gasteiger partial charge on any atom is -0.497 e. The number of halogens is 2. The lowest BCUT2D eigenvalue weighted by Gasteiger charge is -2.13. The molecule has 0 amide bonds. The molecule has 0 fully saturated rings. The van der Waals surface area contributed by atoms with Gasteiger partial charge in [0.25, 0.3) is 0 Å². The fourth-order valence-electron chi connectivity index (χ4n) is 1.74. The van der Waals surface area contributed by atoms with Crippen LogP contribution in [0.5, 0.6) is 11.5 Å². The van der Waals surface area contributed by atoms with Crippen LogP contribution in [-0.2, 0) is 6.54 Å². The Hall–Kier alpha value is -2.24. The predicted octanol–water partition coefficient (Wildman–Crippen LogP) is 3.81. The first-order valence-electron chi connectivity index (χ1n) is 6.00. The summed E-state index contributed by atoms with van der Waals surface area (Å²) in [6.07, 6.45) is 0. The third-order valence-corrected chi connectivity index (χ3v) is 2.65. The molecule has 0 radical (unpaired) electrons. The summed E-state index contributed by atoms with van der Waals surface area (Å²) in [4.78, 5) is 0. The van der Waals surface area contributed by atoms with E-state index in [9.17, 15) is 8.78 Å². The first-order valence-corrected chi connectivity index (χ1v) is 6.00. The Labute approximate surface area is 115 Å². The number of benzene rings is 1. The summed E-state index contributed by atoms with van der Waals surface area (Å²) in [6.45, 7) is -0.684. The van der Waals surface area contributed by atoms with Crippen LogP contribution >= 0.6 is 0 Å². The maximum atomic E-state index is 12.3. The maximum absolute atomic E-state index is 12.3. The molecule has 0 aliphatic rings. The molecule has 108 valence electrons. The summed E-state index contributed by atoms with van der Waals surface area (Å²) in [5.74, 6) is 2.10. The Morgan fingerprint density at radius 1 is 1.25 bits per heavy atom. The molecular formula is C14H15F2NO3. The van der Waals surface area contributed by atoms with Crippen molar-refractivity contribution in [2.75, 3.05) is 12.4 Å². The number of hydrogen-bond acceptors (Lipinski definition) is 4. The molecule has 0 atom stereocenters. The van der Waals surface area contributed by atoms with Gasteiger partial charge in [-0.15, -0.1) is 0 Å². The van der Waals surface area contributed by atoms with Crippen molar-refractivity contribution in [2.24, 2.45) is 0 Å². The van der Waals surface area contributed by atoms with Gasteiger partial charge in [-0.3, -0.25) is 0 Å². The smallest absolute Gasteiger partial charge is 0.387 e. The van der Waals surface area contributed by atoms with Gasteiger partial charge in [-0.2, -0.15) is 8.78 Å². The van der Waals surface area contributed by atoms with E-state index >= 15 is 0 Å². The van der Waals surface area contributed by atoms with E-state index in [1.807, 2.05) is 19.1 Å². The lowest BCUT2D eigenvalue weighted by atomic mass is 10.2. The molecule has 0 aliphatic carbocycles. The average molecular weight is 283 g/mol. The van der Waals surface area contributed by atoms with Gasteiger partial charge in [0.1, 0.15) is 23.0 Å². The lowest BCUT2D eigenvalue weighted by molar-refractivity contribution is -0.0494. The van der Waals surface area contributed by atoms with Gasteiger partial charge >= 0.3 is 6.61 Å². The van der Waals surface area contributed by atoms with Crippen molar-refractivity contribution in [1.82, 2.24) is 0 Å². The van der Waals surface area contributed by atoms with Crippen LogP contribution in [0.4, 0.5) is 14.5 Å².